The van der Waals surface area contributed by atoms with E-state index in [4.69, 9.17) is 25.8 Å². The number of alkyl carbamates (subject to hydrolysis) is 1. The van der Waals surface area contributed by atoms with E-state index in [1.165, 1.54) is 0 Å². The van der Waals surface area contributed by atoms with Crippen molar-refractivity contribution in [2.75, 3.05) is 13.4 Å². The minimum Gasteiger partial charge on any atom is -0.454 e. The molecule has 2 aliphatic rings. The van der Waals surface area contributed by atoms with Crippen LogP contribution in [0.15, 0.2) is 12.1 Å². The third-order valence-electron chi connectivity index (χ3n) is 3.42. The van der Waals surface area contributed by atoms with Crippen molar-refractivity contribution in [1.29, 1.82) is 0 Å². The Kier molecular flexibility index (Phi) is 3.93. The van der Waals surface area contributed by atoms with Gasteiger partial charge in [-0.1, -0.05) is 25.4 Å². The second-order valence-electron chi connectivity index (χ2n) is 5.37. The summed E-state index contributed by atoms with van der Waals surface area (Å²) >= 11 is 6.29. The largest absolute Gasteiger partial charge is 0.454 e. The first-order valence-electron chi connectivity index (χ1n) is 6.00. The molecular weight excluding hydrogens is 305 g/mol. The van der Waals surface area contributed by atoms with E-state index in [-0.39, 0.29) is 30.7 Å². The van der Waals surface area contributed by atoms with Gasteiger partial charge in [0.05, 0.1) is 6.04 Å². The van der Waals surface area contributed by atoms with Gasteiger partial charge in [-0.15, -0.1) is 12.4 Å². The molecule has 0 radical (unpaired) electrons. The van der Waals surface area contributed by atoms with Gasteiger partial charge in [0.15, 0.2) is 11.5 Å². The summed E-state index contributed by atoms with van der Waals surface area (Å²) in [6, 6.07) is 3.32. The SMILES string of the molecule is CC1(C)COC(=O)N[C@H]1c1cc2c(cc1Cl)OCO2.Cl. The van der Waals surface area contributed by atoms with Crippen LogP contribution in [0.1, 0.15) is 25.5 Å². The minimum absolute atomic E-state index is 0. The van der Waals surface area contributed by atoms with Gasteiger partial charge in [-0.3, -0.25) is 0 Å². The fourth-order valence-electron chi connectivity index (χ4n) is 2.34. The van der Waals surface area contributed by atoms with Crippen LogP contribution in [0.4, 0.5) is 4.79 Å². The van der Waals surface area contributed by atoms with E-state index in [0.29, 0.717) is 23.1 Å². The maximum absolute atomic E-state index is 11.4. The Balaban J connectivity index is 0.00000147. The first-order valence-corrected chi connectivity index (χ1v) is 6.37. The van der Waals surface area contributed by atoms with Crippen LogP contribution in [0.25, 0.3) is 0 Å². The Morgan fingerprint density at radius 3 is 2.60 bits per heavy atom. The molecule has 1 saturated heterocycles. The number of fused-ring (bicyclic) bond motifs is 1. The van der Waals surface area contributed by atoms with Crippen LogP contribution >= 0.6 is 24.0 Å². The summed E-state index contributed by atoms with van der Waals surface area (Å²) in [6.07, 6.45) is -0.432. The van der Waals surface area contributed by atoms with Gasteiger partial charge in [0, 0.05) is 16.5 Å². The summed E-state index contributed by atoms with van der Waals surface area (Å²) < 4.78 is 15.7. The highest BCUT2D eigenvalue weighted by atomic mass is 35.5. The molecule has 20 heavy (non-hydrogen) atoms. The highest BCUT2D eigenvalue weighted by Crippen LogP contribution is 2.44. The van der Waals surface area contributed by atoms with Crippen molar-refractivity contribution in [3.05, 3.63) is 22.7 Å². The second-order valence-corrected chi connectivity index (χ2v) is 5.78. The summed E-state index contributed by atoms with van der Waals surface area (Å²) in [5.41, 5.74) is 0.554. The van der Waals surface area contributed by atoms with Gasteiger partial charge in [0.25, 0.3) is 0 Å². The lowest BCUT2D eigenvalue weighted by molar-refractivity contribution is 0.0387. The molecule has 1 aromatic carbocycles. The van der Waals surface area contributed by atoms with Gasteiger partial charge in [-0.2, -0.15) is 0 Å². The number of benzene rings is 1. The quantitative estimate of drug-likeness (QED) is 0.862. The normalized spacial score (nSPS) is 22.6. The third-order valence-corrected chi connectivity index (χ3v) is 3.75. The smallest absolute Gasteiger partial charge is 0.407 e. The Hall–Kier alpha value is -1.33. The Labute approximate surface area is 127 Å². The van der Waals surface area contributed by atoms with Crippen molar-refractivity contribution >= 4 is 30.1 Å². The highest BCUT2D eigenvalue weighted by molar-refractivity contribution is 6.31. The molecule has 0 aliphatic carbocycles. The molecular formula is C13H15Cl2NO4. The molecule has 1 atom stereocenters. The predicted octanol–water partition coefficient (Wildman–Crippen LogP) is 3.30. The predicted molar refractivity (Wildman–Crippen MR) is 75.8 cm³/mol. The van der Waals surface area contributed by atoms with Crippen LogP contribution in [0.2, 0.25) is 5.02 Å². The van der Waals surface area contributed by atoms with Crippen molar-refractivity contribution in [2.45, 2.75) is 19.9 Å². The summed E-state index contributed by atoms with van der Waals surface area (Å²) in [6.45, 7) is 4.56. The fraction of sp³-hybridized carbons (Fsp3) is 0.462. The Morgan fingerprint density at radius 1 is 1.25 bits per heavy atom. The lowest BCUT2D eigenvalue weighted by atomic mass is 9.80. The third kappa shape index (κ3) is 2.47. The van der Waals surface area contributed by atoms with Gasteiger partial charge in [-0.05, 0) is 11.6 Å². The fourth-order valence-corrected chi connectivity index (χ4v) is 2.61. The van der Waals surface area contributed by atoms with Crippen molar-refractivity contribution in [1.82, 2.24) is 5.32 Å². The van der Waals surface area contributed by atoms with Crippen LogP contribution in [0.3, 0.4) is 0 Å². The Bertz CT molecular complexity index is 547. The molecule has 0 spiro atoms. The van der Waals surface area contributed by atoms with E-state index in [2.05, 4.69) is 5.32 Å². The molecule has 1 aromatic rings. The number of hydrogen-bond donors (Lipinski definition) is 1. The van der Waals surface area contributed by atoms with Crippen LogP contribution in [0.5, 0.6) is 11.5 Å². The van der Waals surface area contributed by atoms with E-state index in [1.54, 1.807) is 6.07 Å². The van der Waals surface area contributed by atoms with Gasteiger partial charge in [-0.25, -0.2) is 4.79 Å². The molecule has 5 nitrogen and oxygen atoms in total. The van der Waals surface area contributed by atoms with E-state index >= 15 is 0 Å². The van der Waals surface area contributed by atoms with Crippen LogP contribution in [-0.2, 0) is 4.74 Å². The van der Waals surface area contributed by atoms with E-state index < -0.39 is 6.09 Å². The van der Waals surface area contributed by atoms with Crippen LogP contribution < -0.4 is 14.8 Å². The summed E-state index contributed by atoms with van der Waals surface area (Å²) in [5.74, 6) is 1.28. The molecule has 7 heteroatoms. The molecule has 1 fully saturated rings. The summed E-state index contributed by atoms with van der Waals surface area (Å²) in [7, 11) is 0. The first kappa shape index (κ1) is 15.1. The van der Waals surface area contributed by atoms with E-state index in [1.807, 2.05) is 19.9 Å². The zero-order valence-corrected chi connectivity index (χ0v) is 12.6. The van der Waals surface area contributed by atoms with Crippen molar-refractivity contribution < 1.29 is 19.0 Å². The average molecular weight is 320 g/mol. The number of nitrogens with one attached hydrogen (secondary N) is 1. The minimum atomic E-state index is -0.432. The number of rotatable bonds is 1. The summed E-state index contributed by atoms with van der Waals surface area (Å²) in [4.78, 5) is 11.4. The number of halogens is 2. The molecule has 0 bridgehead atoms. The highest BCUT2D eigenvalue weighted by Gasteiger charge is 2.39. The van der Waals surface area contributed by atoms with Gasteiger partial charge >= 0.3 is 6.09 Å². The second kappa shape index (κ2) is 5.22. The molecule has 0 unspecified atom stereocenters. The van der Waals surface area contributed by atoms with Gasteiger partial charge < -0.3 is 19.5 Å². The number of hydrogen-bond acceptors (Lipinski definition) is 4. The molecule has 1 N–H and O–H groups in total. The van der Waals surface area contributed by atoms with Crippen molar-refractivity contribution in [3.8, 4) is 11.5 Å². The number of cyclic esters (lactones) is 1. The monoisotopic (exact) mass is 319 g/mol. The standard InChI is InChI=1S/C13H14ClNO4.ClH/c1-13(2)5-17-12(16)15-11(13)7-3-9-10(4-8(7)14)19-6-18-9;/h3-4,11H,5-6H2,1-2H3,(H,15,16);1H/t11-;/m0./s1. The van der Waals surface area contributed by atoms with E-state index in [0.717, 1.165) is 5.56 Å². The van der Waals surface area contributed by atoms with Gasteiger partial charge in [0.2, 0.25) is 6.79 Å². The molecule has 2 heterocycles. The van der Waals surface area contributed by atoms with Gasteiger partial charge in [0.1, 0.15) is 6.61 Å². The number of amides is 1. The van der Waals surface area contributed by atoms with Crippen molar-refractivity contribution in [3.63, 3.8) is 0 Å². The molecule has 3 rings (SSSR count). The average Bonchev–Trinajstić information content (AvgIpc) is 2.78. The lowest BCUT2D eigenvalue weighted by Crippen LogP contribution is -2.47. The molecule has 0 saturated carbocycles. The topological polar surface area (TPSA) is 56.8 Å². The van der Waals surface area contributed by atoms with Crippen LogP contribution in [0, 0.1) is 5.41 Å². The van der Waals surface area contributed by atoms with Crippen molar-refractivity contribution in [2.24, 2.45) is 5.41 Å². The summed E-state index contributed by atoms with van der Waals surface area (Å²) in [5, 5.41) is 3.36. The molecule has 1 amide bonds. The van der Waals surface area contributed by atoms with E-state index in [9.17, 15) is 4.79 Å². The zero-order valence-electron chi connectivity index (χ0n) is 11.1. The lowest BCUT2D eigenvalue weighted by Gasteiger charge is -2.38. The first-order chi connectivity index (χ1) is 8.97. The maximum Gasteiger partial charge on any atom is 0.407 e. The number of carbonyl (C=O) groups is 1. The molecule has 2 aliphatic heterocycles. The molecule has 110 valence electrons. The maximum atomic E-state index is 11.4. The molecule has 0 aromatic heterocycles. The zero-order chi connectivity index (χ0) is 13.6. The van der Waals surface area contributed by atoms with Crippen LogP contribution in [-0.4, -0.2) is 19.5 Å². The number of carbonyl (C=O) groups excluding carboxylic acids is 1. The number of ether oxygens (including phenoxy) is 3. The Morgan fingerprint density at radius 2 is 1.90 bits per heavy atom.